The van der Waals surface area contributed by atoms with E-state index in [1.165, 1.54) is 19.3 Å². The molecule has 2 heterocycles. The second-order valence-electron chi connectivity index (χ2n) is 7.47. The van der Waals surface area contributed by atoms with Gasteiger partial charge in [-0.1, -0.05) is 67.1 Å². The molecule has 2 aromatic carbocycles. The third-order valence-corrected chi connectivity index (χ3v) is 5.74. The van der Waals surface area contributed by atoms with E-state index in [0.29, 0.717) is 6.61 Å². The molecular weight excluding hydrogens is 338 g/mol. The number of carbonyl (C=O) groups excluding carboxylic acids is 1. The lowest BCUT2D eigenvalue weighted by Gasteiger charge is -2.39. The smallest absolute Gasteiger partial charge is 0.325 e. The first-order valence-electron chi connectivity index (χ1n) is 9.95. The van der Waals surface area contributed by atoms with E-state index in [-0.39, 0.29) is 5.97 Å². The van der Waals surface area contributed by atoms with Crippen molar-refractivity contribution in [1.82, 2.24) is 4.90 Å². The Kier molecular flexibility index (Phi) is 5.55. The molecular formula is C23H27NO3. The number of hydrogen-bond acceptors (Lipinski definition) is 4. The molecule has 2 aliphatic heterocycles. The molecule has 4 heteroatoms. The molecule has 0 amide bonds. The van der Waals surface area contributed by atoms with Gasteiger partial charge in [-0.25, -0.2) is 0 Å². The number of piperidine rings is 1. The maximum atomic E-state index is 13.3. The van der Waals surface area contributed by atoms with Gasteiger partial charge in [0.1, 0.15) is 5.41 Å². The van der Waals surface area contributed by atoms with Gasteiger partial charge in [-0.2, -0.15) is 0 Å². The average Bonchev–Trinajstić information content (AvgIpc) is 2.74. The minimum absolute atomic E-state index is 0.213. The summed E-state index contributed by atoms with van der Waals surface area (Å²) in [5, 5.41) is 0. The van der Waals surface area contributed by atoms with Crippen LogP contribution in [0.5, 0.6) is 0 Å². The lowest BCUT2D eigenvalue weighted by Crippen LogP contribution is -2.50. The van der Waals surface area contributed by atoms with E-state index in [1.54, 1.807) is 0 Å². The summed E-state index contributed by atoms with van der Waals surface area (Å²) in [6, 6.07) is 19.6. The van der Waals surface area contributed by atoms with Crippen LogP contribution in [-0.4, -0.2) is 43.4 Å². The van der Waals surface area contributed by atoms with Crippen molar-refractivity contribution < 1.29 is 14.3 Å². The predicted octanol–water partition coefficient (Wildman–Crippen LogP) is 3.75. The number of likely N-dealkylation sites (tertiary alicyclic amines) is 1. The highest BCUT2D eigenvalue weighted by Gasteiger charge is 2.48. The van der Waals surface area contributed by atoms with Crippen LogP contribution < -0.4 is 0 Å². The topological polar surface area (TPSA) is 38.8 Å². The fourth-order valence-electron chi connectivity index (χ4n) is 4.16. The zero-order chi connectivity index (χ0) is 18.5. The quantitative estimate of drug-likeness (QED) is 0.757. The van der Waals surface area contributed by atoms with Gasteiger partial charge in [-0.15, -0.1) is 0 Å². The van der Waals surface area contributed by atoms with Gasteiger partial charge in [-0.3, -0.25) is 4.79 Å². The Bertz CT molecular complexity index is 701. The molecule has 4 nitrogen and oxygen atoms in total. The Balaban J connectivity index is 1.51. The predicted molar refractivity (Wildman–Crippen MR) is 104 cm³/mol. The summed E-state index contributed by atoms with van der Waals surface area (Å²) in [5.41, 5.74) is 0.927. The molecule has 0 spiro atoms. The molecule has 0 aromatic heterocycles. The molecule has 4 rings (SSSR count). The highest BCUT2D eigenvalue weighted by atomic mass is 16.7. The number of esters is 1. The Morgan fingerprint density at radius 3 is 2.04 bits per heavy atom. The van der Waals surface area contributed by atoms with Crippen LogP contribution in [0.3, 0.4) is 0 Å². The van der Waals surface area contributed by atoms with Crippen molar-refractivity contribution in [2.24, 2.45) is 0 Å². The molecule has 27 heavy (non-hydrogen) atoms. The van der Waals surface area contributed by atoms with E-state index in [4.69, 9.17) is 9.47 Å². The van der Waals surface area contributed by atoms with Crippen LogP contribution in [0.25, 0.3) is 0 Å². The van der Waals surface area contributed by atoms with Gasteiger partial charge in [0.2, 0.25) is 6.29 Å². The molecule has 0 unspecified atom stereocenters. The molecule has 0 saturated carbocycles. The maximum Gasteiger partial charge on any atom is 0.325 e. The first-order valence-corrected chi connectivity index (χ1v) is 9.95. The number of nitrogens with zero attached hydrogens (tertiary/aromatic N) is 1. The molecule has 2 fully saturated rings. The van der Waals surface area contributed by atoms with Crippen molar-refractivity contribution in [3.8, 4) is 0 Å². The molecule has 0 bridgehead atoms. The minimum atomic E-state index is -0.899. The van der Waals surface area contributed by atoms with Crippen LogP contribution in [-0.2, 0) is 19.7 Å². The van der Waals surface area contributed by atoms with Gasteiger partial charge in [0.25, 0.3) is 0 Å². The van der Waals surface area contributed by atoms with Crippen molar-refractivity contribution in [2.45, 2.75) is 37.4 Å². The second kappa shape index (κ2) is 8.24. The Labute approximate surface area is 161 Å². The Morgan fingerprint density at radius 1 is 0.889 bits per heavy atom. The largest absolute Gasteiger partial charge is 0.435 e. The van der Waals surface area contributed by atoms with Gasteiger partial charge in [0.05, 0.1) is 6.61 Å². The average molecular weight is 365 g/mol. The van der Waals surface area contributed by atoms with Crippen LogP contribution in [0.4, 0.5) is 0 Å². The van der Waals surface area contributed by atoms with E-state index in [9.17, 15) is 4.79 Å². The molecule has 0 aliphatic carbocycles. The number of rotatable bonds is 5. The molecule has 0 radical (unpaired) electrons. The second-order valence-corrected chi connectivity index (χ2v) is 7.47. The van der Waals surface area contributed by atoms with E-state index >= 15 is 0 Å². The first-order chi connectivity index (χ1) is 13.3. The molecule has 0 N–H and O–H groups in total. The van der Waals surface area contributed by atoms with Crippen LogP contribution in [0, 0.1) is 0 Å². The summed E-state index contributed by atoms with van der Waals surface area (Å²) in [6.07, 6.45) is 4.11. The molecule has 2 aliphatic rings. The Hall–Kier alpha value is -2.17. The fraction of sp³-hybridized carbons (Fsp3) is 0.435. The number of cyclic esters (lactones) is 1. The Morgan fingerprint density at radius 2 is 1.48 bits per heavy atom. The molecule has 1 atom stereocenters. The number of carbonyl (C=O) groups is 1. The normalized spacial score (nSPS) is 23.0. The van der Waals surface area contributed by atoms with Gasteiger partial charge in [0.15, 0.2) is 0 Å². The van der Waals surface area contributed by atoms with Crippen LogP contribution in [0.1, 0.15) is 36.8 Å². The zero-order valence-electron chi connectivity index (χ0n) is 15.7. The summed E-state index contributed by atoms with van der Waals surface area (Å²) >= 11 is 0. The van der Waals surface area contributed by atoms with Gasteiger partial charge in [-0.05, 0) is 37.1 Å². The SMILES string of the molecule is O=C1O[C@H](CCN2CCCCC2)OCC1(c1ccccc1)c1ccccc1. The van der Waals surface area contributed by atoms with E-state index in [0.717, 1.165) is 37.2 Å². The van der Waals surface area contributed by atoms with Gasteiger partial charge < -0.3 is 14.4 Å². The van der Waals surface area contributed by atoms with E-state index in [1.807, 2.05) is 60.7 Å². The summed E-state index contributed by atoms with van der Waals surface area (Å²) in [7, 11) is 0. The molecule has 2 saturated heterocycles. The minimum Gasteiger partial charge on any atom is -0.435 e. The summed E-state index contributed by atoms with van der Waals surface area (Å²) < 4.78 is 11.9. The highest BCUT2D eigenvalue weighted by Crippen LogP contribution is 2.38. The lowest BCUT2D eigenvalue weighted by atomic mass is 9.74. The van der Waals surface area contributed by atoms with Crippen LogP contribution in [0.2, 0.25) is 0 Å². The number of ether oxygens (including phenoxy) is 2. The summed E-state index contributed by atoms with van der Waals surface area (Å²) in [6.45, 7) is 3.50. The van der Waals surface area contributed by atoms with Crippen molar-refractivity contribution >= 4 is 5.97 Å². The summed E-state index contributed by atoms with van der Waals surface area (Å²) in [5.74, 6) is -0.213. The van der Waals surface area contributed by atoms with Gasteiger partial charge in [0, 0.05) is 13.0 Å². The van der Waals surface area contributed by atoms with E-state index < -0.39 is 11.7 Å². The molecule has 142 valence electrons. The van der Waals surface area contributed by atoms with E-state index in [2.05, 4.69) is 4.90 Å². The van der Waals surface area contributed by atoms with Crippen LogP contribution >= 0.6 is 0 Å². The van der Waals surface area contributed by atoms with Crippen molar-refractivity contribution in [3.05, 3.63) is 71.8 Å². The van der Waals surface area contributed by atoms with Gasteiger partial charge >= 0.3 is 5.97 Å². The zero-order valence-corrected chi connectivity index (χ0v) is 15.7. The van der Waals surface area contributed by atoms with Crippen molar-refractivity contribution in [2.75, 3.05) is 26.2 Å². The lowest BCUT2D eigenvalue weighted by molar-refractivity contribution is -0.212. The molecule has 2 aromatic rings. The third-order valence-electron chi connectivity index (χ3n) is 5.74. The number of benzene rings is 2. The van der Waals surface area contributed by atoms with Crippen molar-refractivity contribution in [1.29, 1.82) is 0 Å². The fourth-order valence-corrected chi connectivity index (χ4v) is 4.16. The first kappa shape index (κ1) is 18.2. The van der Waals surface area contributed by atoms with Crippen molar-refractivity contribution in [3.63, 3.8) is 0 Å². The maximum absolute atomic E-state index is 13.3. The third kappa shape index (κ3) is 3.78. The summed E-state index contributed by atoms with van der Waals surface area (Å²) in [4.78, 5) is 15.7. The highest BCUT2D eigenvalue weighted by molar-refractivity contribution is 5.88. The van der Waals surface area contributed by atoms with Crippen LogP contribution in [0.15, 0.2) is 60.7 Å². The monoisotopic (exact) mass is 365 g/mol. The number of hydrogen-bond donors (Lipinski definition) is 0. The standard InChI is InChI=1S/C23H27NO3/c25-22-23(19-10-4-1-5-11-19,20-12-6-2-7-13-20)18-26-21(27-22)14-17-24-15-8-3-9-16-24/h1-2,4-7,10-13,21H,3,8-9,14-18H2/t21-/m1/s1.